The number of allylic oxidation sites excluding steroid dienone is 2. The van der Waals surface area contributed by atoms with Crippen molar-refractivity contribution < 1.29 is 4.74 Å². The van der Waals surface area contributed by atoms with E-state index in [0.29, 0.717) is 12.0 Å². The van der Waals surface area contributed by atoms with Gasteiger partial charge >= 0.3 is 0 Å². The molecular formula is C20H28N2OS. The number of hydrogen-bond donors (Lipinski definition) is 1. The minimum atomic E-state index is 0.319. The molecule has 1 fully saturated rings. The number of benzene rings is 1. The van der Waals surface area contributed by atoms with Gasteiger partial charge in [-0.25, -0.2) is 0 Å². The molecule has 0 aromatic heterocycles. The summed E-state index contributed by atoms with van der Waals surface area (Å²) in [4.78, 5) is 2.34. The third-order valence-corrected chi connectivity index (χ3v) is 5.27. The highest BCUT2D eigenvalue weighted by molar-refractivity contribution is 7.80. The van der Waals surface area contributed by atoms with Gasteiger partial charge in [-0.15, -0.1) is 0 Å². The number of hydrogen-bond acceptors (Lipinski definition) is 2. The van der Waals surface area contributed by atoms with Crippen molar-refractivity contribution in [2.75, 3.05) is 19.7 Å². The van der Waals surface area contributed by atoms with Crippen LogP contribution in [-0.4, -0.2) is 35.8 Å². The number of ether oxygens (including phenoxy) is 1. The van der Waals surface area contributed by atoms with Gasteiger partial charge in [0.15, 0.2) is 5.11 Å². The zero-order chi connectivity index (χ0) is 16.6. The van der Waals surface area contributed by atoms with Crippen molar-refractivity contribution in [3.8, 4) is 0 Å². The van der Waals surface area contributed by atoms with E-state index in [-0.39, 0.29) is 0 Å². The van der Waals surface area contributed by atoms with Crippen LogP contribution in [0.15, 0.2) is 42.5 Å². The summed E-state index contributed by atoms with van der Waals surface area (Å²) in [5.74, 6) is 0.696. The summed E-state index contributed by atoms with van der Waals surface area (Å²) in [7, 11) is 0. The Kier molecular flexibility index (Phi) is 6.67. The molecule has 0 radical (unpaired) electrons. The lowest BCUT2D eigenvalue weighted by Crippen LogP contribution is -2.44. The van der Waals surface area contributed by atoms with E-state index in [4.69, 9.17) is 17.0 Å². The van der Waals surface area contributed by atoms with Crippen molar-refractivity contribution in [3.05, 3.63) is 48.0 Å². The molecule has 1 N–H and O–H groups in total. The molecule has 2 atom stereocenters. The number of thiocarbonyl (C=S) groups is 1. The summed E-state index contributed by atoms with van der Waals surface area (Å²) in [6, 6.07) is 10.6. The standard InChI is InChI=1S/C20H28N2OS/c24-20(21-14-19-12-7-13-23-19)22(15-17-8-3-1-4-9-17)16-18-10-5-2-6-11-18/h1-5,8-9,18-19H,6-7,10-16H2,(H,21,24)/t18-,19+/m1/s1. The summed E-state index contributed by atoms with van der Waals surface area (Å²) < 4.78 is 5.70. The quantitative estimate of drug-likeness (QED) is 0.625. The molecule has 0 amide bonds. The van der Waals surface area contributed by atoms with Gasteiger partial charge in [-0.2, -0.15) is 0 Å². The maximum absolute atomic E-state index is 5.72. The van der Waals surface area contributed by atoms with Crippen LogP contribution in [0.3, 0.4) is 0 Å². The van der Waals surface area contributed by atoms with E-state index in [9.17, 15) is 0 Å². The van der Waals surface area contributed by atoms with E-state index in [1.165, 1.54) is 31.2 Å². The Morgan fingerprint density at radius 2 is 2.08 bits per heavy atom. The van der Waals surface area contributed by atoms with Gasteiger partial charge in [-0.1, -0.05) is 42.5 Å². The Labute approximate surface area is 151 Å². The fourth-order valence-electron chi connectivity index (χ4n) is 3.48. The summed E-state index contributed by atoms with van der Waals surface area (Å²) in [6.07, 6.45) is 10.9. The molecule has 4 heteroatoms. The van der Waals surface area contributed by atoms with E-state index in [2.05, 4.69) is 52.7 Å². The minimum Gasteiger partial charge on any atom is -0.376 e. The molecule has 2 aliphatic rings. The zero-order valence-electron chi connectivity index (χ0n) is 14.3. The van der Waals surface area contributed by atoms with Gasteiger partial charge < -0.3 is 15.0 Å². The molecule has 3 rings (SSSR count). The van der Waals surface area contributed by atoms with Crippen molar-refractivity contribution >= 4 is 17.3 Å². The van der Waals surface area contributed by atoms with E-state index in [1.807, 2.05) is 0 Å². The lowest BCUT2D eigenvalue weighted by Gasteiger charge is -2.31. The third kappa shape index (κ3) is 5.32. The normalized spacial score (nSPS) is 23.2. The average molecular weight is 345 g/mol. The van der Waals surface area contributed by atoms with Gasteiger partial charge in [0, 0.05) is 26.2 Å². The monoisotopic (exact) mass is 344 g/mol. The lowest BCUT2D eigenvalue weighted by atomic mass is 9.94. The third-order valence-electron chi connectivity index (χ3n) is 4.86. The zero-order valence-corrected chi connectivity index (χ0v) is 15.1. The highest BCUT2D eigenvalue weighted by Crippen LogP contribution is 2.20. The largest absolute Gasteiger partial charge is 0.376 e. The molecular weight excluding hydrogens is 316 g/mol. The van der Waals surface area contributed by atoms with Crippen LogP contribution < -0.4 is 5.32 Å². The number of rotatable bonds is 6. The fourth-order valence-corrected chi connectivity index (χ4v) is 3.70. The lowest BCUT2D eigenvalue weighted by molar-refractivity contribution is 0.113. The topological polar surface area (TPSA) is 24.5 Å². The minimum absolute atomic E-state index is 0.319. The van der Waals surface area contributed by atoms with Crippen molar-refractivity contribution in [2.45, 2.75) is 44.8 Å². The van der Waals surface area contributed by atoms with E-state index < -0.39 is 0 Å². The van der Waals surface area contributed by atoms with Crippen LogP contribution in [0.1, 0.15) is 37.7 Å². The molecule has 24 heavy (non-hydrogen) atoms. The summed E-state index contributed by atoms with van der Waals surface area (Å²) >= 11 is 5.72. The Balaban J connectivity index is 1.58. The summed E-state index contributed by atoms with van der Waals surface area (Å²) in [5.41, 5.74) is 1.31. The van der Waals surface area contributed by atoms with Gasteiger partial charge in [-0.05, 0) is 55.8 Å². The van der Waals surface area contributed by atoms with Crippen molar-refractivity contribution in [1.29, 1.82) is 0 Å². The smallest absolute Gasteiger partial charge is 0.169 e. The molecule has 0 unspecified atom stereocenters. The van der Waals surface area contributed by atoms with Crippen LogP contribution in [0.5, 0.6) is 0 Å². The predicted molar refractivity (Wildman–Crippen MR) is 103 cm³/mol. The van der Waals surface area contributed by atoms with Crippen LogP contribution in [0.2, 0.25) is 0 Å². The van der Waals surface area contributed by atoms with E-state index in [1.54, 1.807) is 0 Å². The average Bonchev–Trinajstić information content (AvgIpc) is 3.14. The first kappa shape index (κ1) is 17.4. The number of nitrogens with zero attached hydrogens (tertiary/aromatic N) is 1. The maximum atomic E-state index is 5.72. The number of nitrogens with one attached hydrogen (secondary N) is 1. The van der Waals surface area contributed by atoms with Crippen LogP contribution in [0.25, 0.3) is 0 Å². The maximum Gasteiger partial charge on any atom is 0.169 e. The predicted octanol–water partition coefficient (Wildman–Crippen LogP) is 3.90. The van der Waals surface area contributed by atoms with Crippen LogP contribution in [0, 0.1) is 5.92 Å². The van der Waals surface area contributed by atoms with E-state index >= 15 is 0 Å². The molecule has 0 saturated carbocycles. The van der Waals surface area contributed by atoms with Crippen LogP contribution in [-0.2, 0) is 11.3 Å². The second-order valence-electron chi connectivity index (χ2n) is 6.84. The van der Waals surface area contributed by atoms with Gasteiger partial charge in [0.2, 0.25) is 0 Å². The first-order chi connectivity index (χ1) is 11.8. The highest BCUT2D eigenvalue weighted by Gasteiger charge is 2.20. The first-order valence-electron chi connectivity index (χ1n) is 9.14. The Bertz CT molecular complexity index is 540. The Morgan fingerprint density at radius 1 is 1.21 bits per heavy atom. The molecule has 0 spiro atoms. The second kappa shape index (κ2) is 9.19. The van der Waals surface area contributed by atoms with Gasteiger partial charge in [0.25, 0.3) is 0 Å². The van der Waals surface area contributed by atoms with Crippen LogP contribution >= 0.6 is 12.2 Å². The van der Waals surface area contributed by atoms with Crippen molar-refractivity contribution in [3.63, 3.8) is 0 Å². The van der Waals surface area contributed by atoms with Crippen molar-refractivity contribution in [2.24, 2.45) is 5.92 Å². The van der Waals surface area contributed by atoms with Gasteiger partial charge in [0.05, 0.1) is 6.10 Å². The molecule has 0 bridgehead atoms. The summed E-state index contributed by atoms with van der Waals surface area (Å²) in [5, 5.41) is 4.31. The summed E-state index contributed by atoms with van der Waals surface area (Å²) in [6.45, 7) is 3.62. The molecule has 1 saturated heterocycles. The molecule has 1 aliphatic heterocycles. The highest BCUT2D eigenvalue weighted by atomic mass is 32.1. The molecule has 130 valence electrons. The van der Waals surface area contributed by atoms with Gasteiger partial charge in [0.1, 0.15) is 0 Å². The Morgan fingerprint density at radius 3 is 2.79 bits per heavy atom. The van der Waals surface area contributed by atoms with Crippen molar-refractivity contribution in [1.82, 2.24) is 10.2 Å². The van der Waals surface area contributed by atoms with Gasteiger partial charge in [-0.3, -0.25) is 0 Å². The van der Waals surface area contributed by atoms with E-state index in [0.717, 1.165) is 37.8 Å². The SMILES string of the molecule is S=C(NC[C@@H]1CCCO1)N(Cc1ccccc1)C[C@@H]1CC=CCC1. The molecule has 3 nitrogen and oxygen atoms in total. The Hall–Kier alpha value is -1.39. The molecule has 1 heterocycles. The molecule has 1 aliphatic carbocycles. The van der Waals surface area contributed by atoms with Crippen LogP contribution in [0.4, 0.5) is 0 Å². The molecule has 1 aromatic rings. The fraction of sp³-hybridized carbons (Fsp3) is 0.550. The second-order valence-corrected chi connectivity index (χ2v) is 7.22. The molecule has 1 aromatic carbocycles. The first-order valence-corrected chi connectivity index (χ1v) is 9.55.